The third-order valence-electron chi connectivity index (χ3n) is 2.65. The molecule has 0 spiro atoms. The van der Waals surface area contributed by atoms with Gasteiger partial charge in [-0.25, -0.2) is 0 Å². The summed E-state index contributed by atoms with van der Waals surface area (Å²) in [6.07, 6.45) is 1.44. The topological polar surface area (TPSA) is 78.5 Å². The molecule has 1 aliphatic rings. The van der Waals surface area contributed by atoms with E-state index >= 15 is 0 Å². The fourth-order valence-corrected chi connectivity index (χ4v) is 1.65. The largest absolute Gasteiger partial charge is 0.355 e. The van der Waals surface area contributed by atoms with E-state index in [0.29, 0.717) is 13.0 Å². The van der Waals surface area contributed by atoms with Gasteiger partial charge in [-0.1, -0.05) is 13.8 Å². The number of nitrogens with one attached hydrogen (secondary N) is 2. The first kappa shape index (κ1) is 13.6. The minimum absolute atomic E-state index is 0.116. The zero-order chi connectivity index (χ0) is 12.8. The van der Waals surface area contributed by atoms with Crippen LogP contribution in [-0.2, 0) is 14.4 Å². The molecule has 1 rings (SSSR count). The summed E-state index contributed by atoms with van der Waals surface area (Å²) in [4.78, 5) is 35.9. The van der Waals surface area contributed by atoms with Crippen molar-refractivity contribution in [1.82, 2.24) is 15.5 Å². The summed E-state index contributed by atoms with van der Waals surface area (Å²) in [5.41, 5.74) is 0. The number of carbonyl (C=O) groups is 3. The third-order valence-corrected chi connectivity index (χ3v) is 2.65. The summed E-state index contributed by atoms with van der Waals surface area (Å²) in [7, 11) is 0. The summed E-state index contributed by atoms with van der Waals surface area (Å²) in [6.45, 7) is 4.31. The van der Waals surface area contributed by atoms with Gasteiger partial charge in [-0.2, -0.15) is 0 Å². The number of hydrogen-bond acceptors (Lipinski definition) is 4. The smallest absolute Gasteiger partial charge is 0.246 e. The van der Waals surface area contributed by atoms with Crippen LogP contribution < -0.4 is 10.6 Å². The van der Waals surface area contributed by atoms with Gasteiger partial charge in [0.1, 0.15) is 6.54 Å². The van der Waals surface area contributed by atoms with Crippen LogP contribution in [0.1, 0.15) is 26.7 Å². The number of rotatable bonds is 5. The zero-order valence-electron chi connectivity index (χ0n) is 10.3. The number of imide groups is 1. The first-order valence-corrected chi connectivity index (χ1v) is 5.94. The van der Waals surface area contributed by atoms with Gasteiger partial charge in [0, 0.05) is 6.54 Å². The zero-order valence-corrected chi connectivity index (χ0v) is 10.3. The first-order chi connectivity index (χ1) is 8.10. The monoisotopic (exact) mass is 241 g/mol. The van der Waals surface area contributed by atoms with Crippen molar-refractivity contribution in [3.63, 3.8) is 0 Å². The lowest BCUT2D eigenvalue weighted by molar-refractivity contribution is -0.152. The van der Waals surface area contributed by atoms with Crippen molar-refractivity contribution >= 4 is 17.7 Å². The van der Waals surface area contributed by atoms with E-state index in [1.807, 2.05) is 13.8 Å². The van der Waals surface area contributed by atoms with Crippen molar-refractivity contribution in [2.24, 2.45) is 0 Å². The standard InChI is InChI=1S/C11H19N3O3/c1-3-5-12-9(15)7-14-10(16)6-13-8(4-2)11(14)17/h8,13H,3-7H2,1-2H3,(H,12,15). The van der Waals surface area contributed by atoms with Crippen LogP contribution in [0.4, 0.5) is 0 Å². The lowest BCUT2D eigenvalue weighted by Crippen LogP contribution is -2.59. The summed E-state index contributed by atoms with van der Waals surface area (Å²) >= 11 is 0. The van der Waals surface area contributed by atoms with Gasteiger partial charge in [0.2, 0.25) is 17.7 Å². The highest BCUT2D eigenvalue weighted by Crippen LogP contribution is 2.05. The molecule has 1 saturated heterocycles. The van der Waals surface area contributed by atoms with Crippen molar-refractivity contribution < 1.29 is 14.4 Å². The second-order valence-corrected chi connectivity index (χ2v) is 4.01. The van der Waals surface area contributed by atoms with Gasteiger partial charge in [-0.15, -0.1) is 0 Å². The van der Waals surface area contributed by atoms with Gasteiger partial charge >= 0.3 is 0 Å². The molecule has 1 unspecified atom stereocenters. The minimum atomic E-state index is -0.355. The minimum Gasteiger partial charge on any atom is -0.355 e. The van der Waals surface area contributed by atoms with Crippen LogP contribution >= 0.6 is 0 Å². The van der Waals surface area contributed by atoms with Crippen LogP contribution in [0.2, 0.25) is 0 Å². The van der Waals surface area contributed by atoms with Crippen molar-refractivity contribution in [1.29, 1.82) is 0 Å². The number of carbonyl (C=O) groups excluding carboxylic acids is 3. The Balaban J connectivity index is 2.57. The summed E-state index contributed by atoms with van der Waals surface area (Å²) < 4.78 is 0. The summed E-state index contributed by atoms with van der Waals surface area (Å²) in [5.74, 6) is -0.938. The molecular formula is C11H19N3O3. The highest BCUT2D eigenvalue weighted by molar-refractivity contribution is 6.03. The molecule has 0 radical (unpaired) electrons. The third kappa shape index (κ3) is 3.52. The molecule has 2 N–H and O–H groups in total. The maximum absolute atomic E-state index is 11.8. The summed E-state index contributed by atoms with van der Waals surface area (Å²) in [6, 6.07) is -0.355. The number of nitrogens with zero attached hydrogens (tertiary/aromatic N) is 1. The van der Waals surface area contributed by atoms with Crippen LogP contribution in [0.3, 0.4) is 0 Å². The Morgan fingerprint density at radius 1 is 1.47 bits per heavy atom. The fraction of sp³-hybridized carbons (Fsp3) is 0.727. The Bertz CT molecular complexity index is 317. The first-order valence-electron chi connectivity index (χ1n) is 5.94. The molecule has 0 aromatic rings. The average Bonchev–Trinajstić information content (AvgIpc) is 2.32. The van der Waals surface area contributed by atoms with Gasteiger partial charge in [-0.3, -0.25) is 24.6 Å². The Morgan fingerprint density at radius 2 is 2.18 bits per heavy atom. The van der Waals surface area contributed by atoms with E-state index in [2.05, 4.69) is 10.6 Å². The van der Waals surface area contributed by atoms with E-state index in [9.17, 15) is 14.4 Å². The normalized spacial score (nSPS) is 20.6. The van der Waals surface area contributed by atoms with Crippen LogP contribution in [0.5, 0.6) is 0 Å². The lowest BCUT2D eigenvalue weighted by atomic mass is 10.1. The molecule has 1 aliphatic heterocycles. The molecule has 0 aromatic heterocycles. The predicted octanol–water partition coefficient (Wildman–Crippen LogP) is -0.750. The van der Waals surface area contributed by atoms with Gasteiger partial charge in [0.05, 0.1) is 12.6 Å². The van der Waals surface area contributed by atoms with Gasteiger partial charge in [-0.05, 0) is 12.8 Å². The molecule has 0 aromatic carbocycles. The van der Waals surface area contributed by atoms with Crippen LogP contribution in [0.15, 0.2) is 0 Å². The molecule has 1 heterocycles. The fourth-order valence-electron chi connectivity index (χ4n) is 1.65. The Kier molecular flexibility index (Phi) is 5.09. The SMILES string of the molecule is CCCNC(=O)CN1C(=O)CNC(CC)C1=O. The molecule has 6 heteroatoms. The molecule has 0 bridgehead atoms. The molecule has 96 valence electrons. The summed E-state index contributed by atoms with van der Waals surface area (Å²) in [5, 5.41) is 5.49. The maximum Gasteiger partial charge on any atom is 0.246 e. The van der Waals surface area contributed by atoms with E-state index in [1.54, 1.807) is 0 Å². The molecule has 1 fully saturated rings. The highest BCUT2D eigenvalue weighted by Gasteiger charge is 2.33. The van der Waals surface area contributed by atoms with Crippen molar-refractivity contribution in [2.75, 3.05) is 19.6 Å². The Morgan fingerprint density at radius 3 is 2.76 bits per heavy atom. The molecule has 6 nitrogen and oxygen atoms in total. The predicted molar refractivity (Wildman–Crippen MR) is 62.1 cm³/mol. The van der Waals surface area contributed by atoms with Crippen molar-refractivity contribution in [2.45, 2.75) is 32.7 Å². The van der Waals surface area contributed by atoms with Crippen LogP contribution in [0.25, 0.3) is 0 Å². The van der Waals surface area contributed by atoms with E-state index in [0.717, 1.165) is 11.3 Å². The van der Waals surface area contributed by atoms with E-state index in [4.69, 9.17) is 0 Å². The molecule has 0 aliphatic carbocycles. The quantitative estimate of drug-likeness (QED) is 0.621. The second-order valence-electron chi connectivity index (χ2n) is 4.01. The van der Waals surface area contributed by atoms with E-state index in [1.165, 1.54) is 0 Å². The van der Waals surface area contributed by atoms with E-state index < -0.39 is 0 Å². The van der Waals surface area contributed by atoms with Gasteiger partial charge in [0.25, 0.3) is 0 Å². The average molecular weight is 241 g/mol. The lowest BCUT2D eigenvalue weighted by Gasteiger charge is -2.30. The number of piperazine rings is 1. The molecule has 17 heavy (non-hydrogen) atoms. The Hall–Kier alpha value is -1.43. The van der Waals surface area contributed by atoms with Gasteiger partial charge in [0.15, 0.2) is 0 Å². The van der Waals surface area contributed by atoms with Crippen molar-refractivity contribution in [3.05, 3.63) is 0 Å². The van der Waals surface area contributed by atoms with E-state index in [-0.39, 0.29) is 36.9 Å². The highest BCUT2D eigenvalue weighted by atomic mass is 16.2. The molecule has 0 saturated carbocycles. The molecule has 1 atom stereocenters. The molecular weight excluding hydrogens is 222 g/mol. The second kappa shape index (κ2) is 6.34. The van der Waals surface area contributed by atoms with Crippen LogP contribution in [-0.4, -0.2) is 48.3 Å². The van der Waals surface area contributed by atoms with Crippen LogP contribution in [0, 0.1) is 0 Å². The molecule has 3 amide bonds. The van der Waals surface area contributed by atoms with Crippen molar-refractivity contribution in [3.8, 4) is 0 Å². The van der Waals surface area contributed by atoms with Gasteiger partial charge < -0.3 is 5.32 Å². The Labute approximate surface area is 101 Å². The number of amides is 3. The number of hydrogen-bond donors (Lipinski definition) is 2. The maximum atomic E-state index is 11.8.